The van der Waals surface area contributed by atoms with E-state index in [0.29, 0.717) is 11.4 Å². The minimum absolute atomic E-state index is 0.190. The number of aryl methyl sites for hydroxylation is 3. The number of rotatable bonds is 3. The summed E-state index contributed by atoms with van der Waals surface area (Å²) in [6.07, 6.45) is 1.49. The lowest BCUT2D eigenvalue weighted by Crippen LogP contribution is -2.13. The van der Waals surface area contributed by atoms with E-state index in [1.54, 1.807) is 26.1 Å². The van der Waals surface area contributed by atoms with Crippen molar-refractivity contribution >= 4 is 31.6 Å². The molecule has 0 aliphatic rings. The quantitative estimate of drug-likeness (QED) is 0.931. The lowest BCUT2D eigenvalue weighted by Gasteiger charge is -2.08. The number of halogens is 1. The molecule has 1 aromatic heterocycles. The van der Waals surface area contributed by atoms with E-state index in [9.17, 15) is 8.42 Å². The molecule has 1 aromatic carbocycles. The molecule has 0 aliphatic carbocycles. The molecule has 0 fully saturated rings. The van der Waals surface area contributed by atoms with Crippen molar-refractivity contribution in [3.05, 3.63) is 40.1 Å². The standard InChI is InChI=1S/C12H14BrN3O2S/c1-8-6-10(4-5-11(8)13)15-19(17,18)12-7-16(3)14-9(12)2/h4-7,15H,1-3H3. The topological polar surface area (TPSA) is 64.0 Å². The van der Waals surface area contributed by atoms with Crippen molar-refractivity contribution in [1.82, 2.24) is 9.78 Å². The van der Waals surface area contributed by atoms with E-state index < -0.39 is 10.0 Å². The van der Waals surface area contributed by atoms with Crippen LogP contribution in [0.15, 0.2) is 33.8 Å². The monoisotopic (exact) mass is 343 g/mol. The summed E-state index contributed by atoms with van der Waals surface area (Å²) in [7, 11) is -1.91. The molecule has 1 heterocycles. The van der Waals surface area contributed by atoms with Gasteiger partial charge in [0.15, 0.2) is 0 Å². The van der Waals surface area contributed by atoms with E-state index in [1.165, 1.54) is 10.9 Å². The van der Waals surface area contributed by atoms with Gasteiger partial charge >= 0.3 is 0 Å². The van der Waals surface area contributed by atoms with Gasteiger partial charge < -0.3 is 0 Å². The highest BCUT2D eigenvalue weighted by molar-refractivity contribution is 9.10. The van der Waals surface area contributed by atoms with E-state index in [-0.39, 0.29) is 4.90 Å². The molecular weight excluding hydrogens is 330 g/mol. The zero-order valence-electron chi connectivity index (χ0n) is 10.8. The van der Waals surface area contributed by atoms with Crippen molar-refractivity contribution in [2.45, 2.75) is 18.7 Å². The van der Waals surface area contributed by atoms with Gasteiger partial charge in [-0.05, 0) is 37.6 Å². The molecule has 0 unspecified atom stereocenters. The summed E-state index contributed by atoms with van der Waals surface area (Å²) in [6, 6.07) is 5.29. The number of benzene rings is 1. The highest BCUT2D eigenvalue weighted by Crippen LogP contribution is 2.23. The average Bonchev–Trinajstić information content (AvgIpc) is 2.63. The summed E-state index contributed by atoms with van der Waals surface area (Å²) >= 11 is 3.38. The molecule has 2 rings (SSSR count). The van der Waals surface area contributed by atoms with Crippen LogP contribution in [0, 0.1) is 13.8 Å². The van der Waals surface area contributed by atoms with Gasteiger partial charge in [-0.1, -0.05) is 15.9 Å². The highest BCUT2D eigenvalue weighted by Gasteiger charge is 2.19. The first-order valence-corrected chi connectivity index (χ1v) is 7.86. The van der Waals surface area contributed by atoms with Crippen LogP contribution in [0.2, 0.25) is 0 Å². The number of sulfonamides is 1. The molecule has 2 aromatic rings. The largest absolute Gasteiger partial charge is 0.280 e. The van der Waals surface area contributed by atoms with Crippen molar-refractivity contribution in [3.63, 3.8) is 0 Å². The Morgan fingerprint density at radius 3 is 2.53 bits per heavy atom. The second-order valence-electron chi connectivity index (χ2n) is 4.32. The molecule has 0 aliphatic heterocycles. The minimum Gasteiger partial charge on any atom is -0.280 e. The van der Waals surface area contributed by atoms with Gasteiger partial charge in [-0.15, -0.1) is 0 Å². The third-order valence-electron chi connectivity index (χ3n) is 2.67. The van der Waals surface area contributed by atoms with E-state index >= 15 is 0 Å². The van der Waals surface area contributed by atoms with Crippen molar-refractivity contribution in [2.24, 2.45) is 7.05 Å². The van der Waals surface area contributed by atoms with Gasteiger partial charge in [-0.3, -0.25) is 9.40 Å². The molecule has 0 spiro atoms. The molecule has 7 heteroatoms. The lowest BCUT2D eigenvalue weighted by molar-refractivity contribution is 0.600. The first-order valence-electron chi connectivity index (χ1n) is 5.59. The van der Waals surface area contributed by atoms with Crippen LogP contribution in [0.25, 0.3) is 0 Å². The van der Waals surface area contributed by atoms with Crippen LogP contribution in [0.3, 0.4) is 0 Å². The molecular formula is C12H14BrN3O2S. The van der Waals surface area contributed by atoms with Crippen LogP contribution in [0.1, 0.15) is 11.3 Å². The van der Waals surface area contributed by atoms with Crippen LogP contribution in [0.4, 0.5) is 5.69 Å². The van der Waals surface area contributed by atoms with E-state index in [4.69, 9.17) is 0 Å². The number of anilines is 1. The molecule has 0 atom stereocenters. The van der Waals surface area contributed by atoms with Gasteiger partial charge in [0.1, 0.15) is 4.90 Å². The Balaban J connectivity index is 2.36. The zero-order chi connectivity index (χ0) is 14.2. The number of nitrogens with zero attached hydrogens (tertiary/aromatic N) is 2. The maximum absolute atomic E-state index is 12.3. The van der Waals surface area contributed by atoms with E-state index in [0.717, 1.165) is 10.0 Å². The third-order valence-corrected chi connectivity index (χ3v) is 5.04. The number of aromatic nitrogens is 2. The van der Waals surface area contributed by atoms with Gasteiger partial charge in [0.25, 0.3) is 10.0 Å². The predicted octanol–water partition coefficient (Wildman–Crippen LogP) is 2.60. The molecule has 102 valence electrons. The molecule has 0 bridgehead atoms. The lowest BCUT2D eigenvalue weighted by atomic mass is 10.2. The Bertz CT molecular complexity index is 723. The second-order valence-corrected chi connectivity index (χ2v) is 6.83. The normalized spacial score (nSPS) is 11.6. The van der Waals surface area contributed by atoms with Gasteiger partial charge in [0, 0.05) is 23.4 Å². The van der Waals surface area contributed by atoms with Crippen molar-refractivity contribution in [2.75, 3.05) is 4.72 Å². The molecule has 0 radical (unpaired) electrons. The second kappa shape index (κ2) is 4.97. The molecule has 0 saturated heterocycles. The maximum Gasteiger partial charge on any atom is 0.265 e. The molecule has 0 amide bonds. The summed E-state index contributed by atoms with van der Waals surface area (Å²) in [5.41, 5.74) is 1.97. The predicted molar refractivity (Wildman–Crippen MR) is 77.6 cm³/mol. The molecule has 1 N–H and O–H groups in total. The Kier molecular flexibility index (Phi) is 3.69. The summed E-state index contributed by atoms with van der Waals surface area (Å²) in [4.78, 5) is 0.190. The Morgan fingerprint density at radius 2 is 2.00 bits per heavy atom. The fraction of sp³-hybridized carbons (Fsp3) is 0.250. The van der Waals surface area contributed by atoms with Crippen molar-refractivity contribution in [1.29, 1.82) is 0 Å². The number of nitrogens with one attached hydrogen (secondary N) is 1. The Morgan fingerprint density at radius 1 is 1.32 bits per heavy atom. The van der Waals surface area contributed by atoms with Crippen LogP contribution in [-0.4, -0.2) is 18.2 Å². The van der Waals surface area contributed by atoms with Gasteiger partial charge in [0.2, 0.25) is 0 Å². The number of hydrogen-bond acceptors (Lipinski definition) is 3. The van der Waals surface area contributed by atoms with Crippen LogP contribution < -0.4 is 4.72 Å². The fourth-order valence-electron chi connectivity index (χ4n) is 1.76. The molecule has 5 nitrogen and oxygen atoms in total. The smallest absolute Gasteiger partial charge is 0.265 e. The summed E-state index contributed by atoms with van der Waals surface area (Å²) in [6.45, 7) is 3.57. The summed E-state index contributed by atoms with van der Waals surface area (Å²) in [5.74, 6) is 0. The van der Waals surface area contributed by atoms with Gasteiger partial charge in [-0.25, -0.2) is 8.42 Å². The third kappa shape index (κ3) is 2.98. The SMILES string of the molecule is Cc1cc(NS(=O)(=O)c2cn(C)nc2C)ccc1Br. The fourth-order valence-corrected chi connectivity index (χ4v) is 3.27. The average molecular weight is 344 g/mol. The maximum atomic E-state index is 12.3. The van der Waals surface area contributed by atoms with Gasteiger partial charge in [0.05, 0.1) is 5.69 Å². The highest BCUT2D eigenvalue weighted by atomic mass is 79.9. The van der Waals surface area contributed by atoms with Crippen LogP contribution in [-0.2, 0) is 17.1 Å². The number of hydrogen-bond donors (Lipinski definition) is 1. The van der Waals surface area contributed by atoms with Crippen LogP contribution in [0.5, 0.6) is 0 Å². The molecule has 19 heavy (non-hydrogen) atoms. The van der Waals surface area contributed by atoms with Crippen molar-refractivity contribution < 1.29 is 8.42 Å². The van der Waals surface area contributed by atoms with Crippen LogP contribution >= 0.6 is 15.9 Å². The Labute approximate surface area is 120 Å². The van der Waals surface area contributed by atoms with Crippen molar-refractivity contribution in [3.8, 4) is 0 Å². The van der Waals surface area contributed by atoms with E-state index in [2.05, 4.69) is 25.8 Å². The molecule has 0 saturated carbocycles. The van der Waals surface area contributed by atoms with Gasteiger partial charge in [-0.2, -0.15) is 5.10 Å². The first kappa shape index (κ1) is 14.1. The zero-order valence-corrected chi connectivity index (χ0v) is 13.2. The summed E-state index contributed by atoms with van der Waals surface area (Å²) in [5, 5.41) is 4.04. The van der Waals surface area contributed by atoms with E-state index in [1.807, 2.05) is 13.0 Å². The first-order chi connectivity index (χ1) is 8.79. The Hall–Kier alpha value is -1.34. The summed E-state index contributed by atoms with van der Waals surface area (Å²) < 4.78 is 29.5. The minimum atomic E-state index is -3.60.